The Kier molecular flexibility index (Phi) is 4.28. The number of carbonyl (C=O) groups is 1. The van der Waals surface area contributed by atoms with Crippen LogP contribution in [0.5, 0.6) is 0 Å². The molecular formula is C22H23N5OS. The molecule has 2 N–H and O–H groups in total. The minimum absolute atomic E-state index is 0.133. The van der Waals surface area contributed by atoms with Crippen molar-refractivity contribution in [1.82, 2.24) is 19.5 Å². The lowest BCUT2D eigenvalue weighted by molar-refractivity contribution is 0.102. The summed E-state index contributed by atoms with van der Waals surface area (Å²) in [6, 6.07) is 5.90. The summed E-state index contributed by atoms with van der Waals surface area (Å²) in [5.41, 5.74) is 5.33. The van der Waals surface area contributed by atoms with Gasteiger partial charge in [0.15, 0.2) is 11.0 Å². The first-order chi connectivity index (χ1) is 14.0. The van der Waals surface area contributed by atoms with Crippen LogP contribution in [-0.4, -0.2) is 25.4 Å². The highest BCUT2D eigenvalue weighted by Gasteiger charge is 2.21. The average Bonchev–Trinajstić information content (AvgIpc) is 3.37. The van der Waals surface area contributed by atoms with Gasteiger partial charge in [0.25, 0.3) is 5.91 Å². The minimum atomic E-state index is -0.133. The molecule has 29 heavy (non-hydrogen) atoms. The van der Waals surface area contributed by atoms with Gasteiger partial charge < -0.3 is 9.55 Å². The third kappa shape index (κ3) is 3.15. The zero-order valence-corrected chi connectivity index (χ0v) is 17.6. The van der Waals surface area contributed by atoms with Crippen LogP contribution in [-0.2, 0) is 19.9 Å². The highest BCUT2D eigenvalue weighted by atomic mass is 32.1. The van der Waals surface area contributed by atoms with E-state index in [1.807, 2.05) is 42.9 Å². The van der Waals surface area contributed by atoms with E-state index in [-0.39, 0.29) is 5.91 Å². The summed E-state index contributed by atoms with van der Waals surface area (Å²) in [4.78, 5) is 26.3. The maximum Gasteiger partial charge on any atom is 0.257 e. The molecule has 3 aromatic heterocycles. The number of anilines is 1. The number of aromatic nitrogens is 4. The van der Waals surface area contributed by atoms with E-state index in [1.54, 1.807) is 6.20 Å². The van der Waals surface area contributed by atoms with Crippen LogP contribution in [0.4, 0.5) is 5.13 Å². The molecule has 1 atom stereocenters. The van der Waals surface area contributed by atoms with Crippen molar-refractivity contribution >= 4 is 33.3 Å². The van der Waals surface area contributed by atoms with E-state index in [4.69, 9.17) is 0 Å². The molecule has 6 nitrogen and oxygen atoms in total. The lowest BCUT2D eigenvalue weighted by Gasteiger charge is -2.18. The van der Waals surface area contributed by atoms with Crippen LogP contribution in [0.3, 0.4) is 0 Å². The lowest BCUT2D eigenvalue weighted by atomic mass is 9.87. The third-order valence-corrected chi connectivity index (χ3v) is 6.81. The molecule has 1 aliphatic carbocycles. The fraction of sp³-hybridized carbons (Fsp3) is 0.318. The first-order valence-electron chi connectivity index (χ1n) is 9.89. The molecule has 0 fully saturated rings. The average molecular weight is 406 g/mol. The van der Waals surface area contributed by atoms with E-state index in [2.05, 4.69) is 27.2 Å². The van der Waals surface area contributed by atoms with Gasteiger partial charge in [-0.15, -0.1) is 0 Å². The van der Waals surface area contributed by atoms with Crippen LogP contribution in [0.2, 0.25) is 0 Å². The summed E-state index contributed by atoms with van der Waals surface area (Å²) >= 11 is 1.45. The van der Waals surface area contributed by atoms with Crippen molar-refractivity contribution in [3.8, 4) is 10.7 Å². The quantitative estimate of drug-likeness (QED) is 0.518. The maximum atomic E-state index is 12.9. The van der Waals surface area contributed by atoms with E-state index in [9.17, 15) is 4.79 Å². The standard InChI is InChI=1S/C22H23N5OS/c1-12-4-6-17-15(10-12)16-11-14(5-7-18(16)25-17)21(28)26-22-24-13(2)19(29-22)20-23-8-9-27(20)3/h5,7-9,11-12,25H,4,6,10H2,1-3H3,(H,24,26,28). The molecule has 1 unspecified atom stereocenters. The molecule has 4 aromatic rings. The van der Waals surface area contributed by atoms with Crippen LogP contribution in [0, 0.1) is 12.8 Å². The Morgan fingerprint density at radius 3 is 3.03 bits per heavy atom. The van der Waals surface area contributed by atoms with Crippen molar-refractivity contribution in [3.05, 3.63) is 53.1 Å². The Labute approximate surface area is 173 Å². The zero-order valence-electron chi connectivity index (χ0n) is 16.7. The van der Waals surface area contributed by atoms with Crippen molar-refractivity contribution in [3.63, 3.8) is 0 Å². The highest BCUT2D eigenvalue weighted by molar-refractivity contribution is 7.19. The highest BCUT2D eigenvalue weighted by Crippen LogP contribution is 2.33. The predicted octanol–water partition coefficient (Wildman–Crippen LogP) is 4.71. The summed E-state index contributed by atoms with van der Waals surface area (Å²) in [5, 5.41) is 4.73. The van der Waals surface area contributed by atoms with Crippen molar-refractivity contribution in [2.45, 2.75) is 33.1 Å². The van der Waals surface area contributed by atoms with Crippen LogP contribution in [0.25, 0.3) is 21.6 Å². The molecule has 1 aliphatic rings. The second-order valence-corrected chi connectivity index (χ2v) is 8.94. The monoisotopic (exact) mass is 405 g/mol. The largest absolute Gasteiger partial charge is 0.358 e. The number of nitrogens with one attached hydrogen (secondary N) is 2. The van der Waals surface area contributed by atoms with Gasteiger partial charge in [-0.3, -0.25) is 10.1 Å². The molecule has 0 aliphatic heterocycles. The third-order valence-electron chi connectivity index (χ3n) is 5.74. The Morgan fingerprint density at radius 1 is 1.38 bits per heavy atom. The SMILES string of the molecule is Cc1nc(NC(=O)c2ccc3[nH]c4c(c3c2)CC(C)CC4)sc1-c1nccn1C. The molecule has 1 amide bonds. The van der Waals surface area contributed by atoms with E-state index >= 15 is 0 Å². The number of imidazole rings is 1. The van der Waals surface area contributed by atoms with E-state index in [0.717, 1.165) is 34.8 Å². The molecule has 0 bridgehead atoms. The Morgan fingerprint density at radius 2 is 2.24 bits per heavy atom. The fourth-order valence-electron chi connectivity index (χ4n) is 4.14. The Bertz CT molecular complexity index is 1230. The summed E-state index contributed by atoms with van der Waals surface area (Å²) < 4.78 is 1.95. The number of H-pyrrole nitrogens is 1. The molecular weight excluding hydrogens is 382 g/mol. The van der Waals surface area contributed by atoms with Gasteiger partial charge in [-0.1, -0.05) is 18.3 Å². The van der Waals surface area contributed by atoms with Gasteiger partial charge in [0.05, 0.1) is 10.6 Å². The van der Waals surface area contributed by atoms with Gasteiger partial charge in [0.1, 0.15) is 0 Å². The normalized spacial score (nSPS) is 16.2. The number of hydrogen-bond donors (Lipinski definition) is 2. The summed E-state index contributed by atoms with van der Waals surface area (Å²) in [6.45, 7) is 4.23. The van der Waals surface area contributed by atoms with Gasteiger partial charge in [-0.05, 0) is 55.9 Å². The first kappa shape index (κ1) is 18.1. The van der Waals surface area contributed by atoms with Crippen LogP contribution < -0.4 is 5.32 Å². The van der Waals surface area contributed by atoms with Gasteiger partial charge >= 0.3 is 0 Å². The maximum absolute atomic E-state index is 12.9. The molecule has 0 saturated heterocycles. The van der Waals surface area contributed by atoms with E-state index < -0.39 is 0 Å². The number of aromatic amines is 1. The van der Waals surface area contributed by atoms with Gasteiger partial charge in [-0.25, -0.2) is 9.97 Å². The van der Waals surface area contributed by atoms with Gasteiger partial charge in [-0.2, -0.15) is 0 Å². The number of carbonyl (C=O) groups excluding carboxylic acids is 1. The van der Waals surface area contributed by atoms with Crippen molar-refractivity contribution in [2.75, 3.05) is 5.32 Å². The topological polar surface area (TPSA) is 75.6 Å². The molecule has 7 heteroatoms. The smallest absolute Gasteiger partial charge is 0.257 e. The molecule has 0 saturated carbocycles. The summed E-state index contributed by atoms with van der Waals surface area (Å²) in [6.07, 6.45) is 7.04. The van der Waals surface area contributed by atoms with Gasteiger partial charge in [0, 0.05) is 41.6 Å². The fourth-order valence-corrected chi connectivity index (χ4v) is 5.14. The second kappa shape index (κ2) is 6.84. The first-order valence-corrected chi connectivity index (χ1v) is 10.7. The zero-order chi connectivity index (χ0) is 20.1. The summed E-state index contributed by atoms with van der Waals surface area (Å²) in [5.74, 6) is 1.41. The van der Waals surface area contributed by atoms with E-state index in [0.29, 0.717) is 16.6 Å². The van der Waals surface area contributed by atoms with Crippen LogP contribution >= 0.6 is 11.3 Å². The van der Waals surface area contributed by atoms with Crippen molar-refractivity contribution in [1.29, 1.82) is 0 Å². The van der Waals surface area contributed by atoms with Crippen molar-refractivity contribution in [2.24, 2.45) is 13.0 Å². The molecule has 3 heterocycles. The number of nitrogens with zero attached hydrogens (tertiary/aromatic N) is 3. The lowest BCUT2D eigenvalue weighted by Crippen LogP contribution is -2.12. The Hall–Kier alpha value is -2.93. The number of hydrogen-bond acceptors (Lipinski definition) is 4. The molecule has 0 radical (unpaired) electrons. The second-order valence-electron chi connectivity index (χ2n) is 7.94. The number of thiazole rings is 1. The minimum Gasteiger partial charge on any atom is -0.358 e. The molecule has 148 valence electrons. The van der Waals surface area contributed by atoms with Gasteiger partial charge in [0.2, 0.25) is 0 Å². The predicted molar refractivity (Wildman–Crippen MR) is 116 cm³/mol. The van der Waals surface area contributed by atoms with E-state index in [1.165, 1.54) is 34.4 Å². The number of fused-ring (bicyclic) bond motifs is 3. The molecule has 5 rings (SSSR count). The van der Waals surface area contributed by atoms with Crippen LogP contribution in [0.1, 0.15) is 40.7 Å². The number of rotatable bonds is 3. The number of aryl methyl sites for hydroxylation is 3. The van der Waals surface area contributed by atoms with Crippen molar-refractivity contribution < 1.29 is 4.79 Å². The Balaban J connectivity index is 1.43. The number of amides is 1. The number of benzene rings is 1. The molecule has 1 aromatic carbocycles. The summed E-state index contributed by atoms with van der Waals surface area (Å²) in [7, 11) is 1.95. The molecule has 0 spiro atoms. The van der Waals surface area contributed by atoms with Crippen LogP contribution in [0.15, 0.2) is 30.6 Å².